The zero-order chi connectivity index (χ0) is 20.4. The molecule has 1 N–H and O–H groups in total. The molecule has 1 aromatic carbocycles. The highest BCUT2D eigenvalue weighted by Gasteiger charge is 2.14. The minimum atomic E-state index is -0.268. The summed E-state index contributed by atoms with van der Waals surface area (Å²) in [5.41, 5.74) is 2.95. The number of hydrogen-bond donors (Lipinski definition) is 1. The second kappa shape index (κ2) is 8.04. The number of nitrogens with one attached hydrogen (secondary N) is 1. The van der Waals surface area contributed by atoms with Crippen LogP contribution in [0.25, 0.3) is 22.3 Å². The van der Waals surface area contributed by atoms with Gasteiger partial charge in [0.1, 0.15) is 29.4 Å². The molecule has 0 spiro atoms. The lowest BCUT2D eigenvalue weighted by molar-refractivity contribution is 0.412. The molecule has 7 nitrogen and oxygen atoms in total. The van der Waals surface area contributed by atoms with Crippen molar-refractivity contribution < 1.29 is 13.9 Å². The fraction of sp³-hybridized carbons (Fsp3) is 0.250. The fourth-order valence-corrected chi connectivity index (χ4v) is 3.90. The first-order valence-corrected chi connectivity index (χ1v) is 9.87. The van der Waals surface area contributed by atoms with Crippen LogP contribution in [-0.2, 0) is 6.54 Å². The average molecular weight is 413 g/mol. The molecule has 4 aromatic rings. The van der Waals surface area contributed by atoms with Crippen LogP contribution in [0.1, 0.15) is 5.69 Å². The van der Waals surface area contributed by atoms with Gasteiger partial charge in [0.05, 0.1) is 25.4 Å². The Kier molecular flexibility index (Phi) is 5.30. The Morgan fingerprint density at radius 1 is 1.14 bits per heavy atom. The number of nitrogens with zero attached hydrogens (tertiary/aromatic N) is 4. The Labute approximate surface area is 171 Å². The van der Waals surface area contributed by atoms with Gasteiger partial charge < -0.3 is 19.4 Å². The molecule has 0 saturated carbocycles. The molecule has 4 rings (SSSR count). The van der Waals surface area contributed by atoms with Crippen LogP contribution in [-0.4, -0.2) is 40.3 Å². The number of fused-ring (bicyclic) bond motifs is 1. The molecule has 3 aromatic heterocycles. The molecule has 0 aliphatic heterocycles. The molecule has 0 fully saturated rings. The summed E-state index contributed by atoms with van der Waals surface area (Å²) in [6.45, 7) is 3.10. The quantitative estimate of drug-likeness (QED) is 0.491. The number of aromatic nitrogens is 4. The molecule has 9 heteroatoms. The van der Waals surface area contributed by atoms with E-state index in [-0.39, 0.29) is 5.82 Å². The Bertz CT molecular complexity index is 1160. The van der Waals surface area contributed by atoms with Crippen LogP contribution in [0.4, 0.5) is 10.2 Å². The predicted molar refractivity (Wildman–Crippen MR) is 111 cm³/mol. The number of aryl methyl sites for hydroxylation is 1. The van der Waals surface area contributed by atoms with Crippen molar-refractivity contribution in [3.63, 3.8) is 0 Å². The van der Waals surface area contributed by atoms with Crippen molar-refractivity contribution in [2.75, 3.05) is 26.1 Å². The summed E-state index contributed by atoms with van der Waals surface area (Å²) in [7, 11) is 3.17. The van der Waals surface area contributed by atoms with E-state index in [1.54, 1.807) is 20.3 Å². The Morgan fingerprint density at radius 2 is 2.00 bits per heavy atom. The van der Waals surface area contributed by atoms with Crippen LogP contribution < -0.4 is 14.8 Å². The van der Waals surface area contributed by atoms with Gasteiger partial charge in [-0.05, 0) is 25.1 Å². The number of ether oxygens (including phenoxy) is 2. The van der Waals surface area contributed by atoms with Crippen LogP contribution in [0.3, 0.4) is 0 Å². The summed E-state index contributed by atoms with van der Waals surface area (Å²) in [5, 5.41) is 6.51. The Balaban J connectivity index is 1.51. The maximum absolute atomic E-state index is 14.5. The second-order valence-electron chi connectivity index (χ2n) is 6.37. The molecule has 0 saturated heterocycles. The molecule has 0 aliphatic rings. The van der Waals surface area contributed by atoms with E-state index < -0.39 is 0 Å². The van der Waals surface area contributed by atoms with E-state index in [0.29, 0.717) is 41.1 Å². The molecule has 150 valence electrons. The number of methoxy groups -OCH3 is 2. The third kappa shape index (κ3) is 3.73. The Hall–Kier alpha value is -3.20. The van der Waals surface area contributed by atoms with Crippen molar-refractivity contribution in [1.29, 1.82) is 0 Å². The van der Waals surface area contributed by atoms with Crippen molar-refractivity contribution in [2.45, 2.75) is 13.5 Å². The first kappa shape index (κ1) is 19.1. The third-order valence-electron chi connectivity index (χ3n) is 4.63. The standard InChI is InChI=1S/C20H20FN5O2S/c1-12-8-13-17(27-2)5-4-14(21)19(13)26(12)7-6-22-18-9-15(23-11-24-18)16-10-29-20(25-16)28-3/h4-5,8-11H,6-7H2,1-3H3,(H,22,23,24). The van der Waals surface area contributed by atoms with Crippen LogP contribution >= 0.6 is 11.3 Å². The van der Waals surface area contributed by atoms with Crippen LogP contribution in [0.5, 0.6) is 10.9 Å². The molecule has 3 heterocycles. The molecule has 0 atom stereocenters. The topological polar surface area (TPSA) is 74.1 Å². The number of rotatable bonds is 7. The highest BCUT2D eigenvalue weighted by Crippen LogP contribution is 2.31. The summed E-state index contributed by atoms with van der Waals surface area (Å²) in [5.74, 6) is 1.07. The van der Waals surface area contributed by atoms with Gasteiger partial charge in [-0.3, -0.25) is 0 Å². The predicted octanol–water partition coefficient (Wildman–Crippen LogP) is 4.13. The van der Waals surface area contributed by atoms with Gasteiger partial charge in [-0.25, -0.2) is 19.3 Å². The zero-order valence-corrected chi connectivity index (χ0v) is 17.1. The number of thiazole rings is 1. The molecule has 0 unspecified atom stereocenters. The van der Waals surface area contributed by atoms with Gasteiger partial charge in [-0.15, -0.1) is 0 Å². The first-order chi connectivity index (χ1) is 14.1. The van der Waals surface area contributed by atoms with E-state index in [1.807, 2.05) is 29.0 Å². The fourth-order valence-electron chi connectivity index (χ4n) is 3.26. The highest BCUT2D eigenvalue weighted by atomic mass is 32.1. The van der Waals surface area contributed by atoms with E-state index in [4.69, 9.17) is 9.47 Å². The SMILES string of the molecule is COc1nc(-c2cc(NCCn3c(C)cc4c(OC)ccc(F)c43)ncn2)cs1. The van der Waals surface area contributed by atoms with Crippen molar-refractivity contribution in [3.05, 3.63) is 47.5 Å². The molecule has 0 amide bonds. The van der Waals surface area contributed by atoms with Crippen molar-refractivity contribution in [3.8, 4) is 22.3 Å². The van der Waals surface area contributed by atoms with Crippen molar-refractivity contribution in [1.82, 2.24) is 19.5 Å². The molecule has 0 bridgehead atoms. The summed E-state index contributed by atoms with van der Waals surface area (Å²) in [6, 6.07) is 6.85. The van der Waals surface area contributed by atoms with E-state index in [2.05, 4.69) is 20.3 Å². The highest BCUT2D eigenvalue weighted by molar-refractivity contribution is 7.11. The third-order valence-corrected chi connectivity index (χ3v) is 5.43. The zero-order valence-electron chi connectivity index (χ0n) is 16.3. The van der Waals surface area contributed by atoms with E-state index in [9.17, 15) is 4.39 Å². The van der Waals surface area contributed by atoms with E-state index >= 15 is 0 Å². The molecule has 29 heavy (non-hydrogen) atoms. The number of halogens is 1. The van der Waals surface area contributed by atoms with Gasteiger partial charge in [0, 0.05) is 35.6 Å². The van der Waals surface area contributed by atoms with E-state index in [0.717, 1.165) is 16.8 Å². The summed E-state index contributed by atoms with van der Waals surface area (Å²) < 4.78 is 26.9. The second-order valence-corrected chi connectivity index (χ2v) is 7.19. The monoisotopic (exact) mass is 413 g/mol. The lowest BCUT2D eigenvalue weighted by Crippen LogP contribution is -2.13. The van der Waals surface area contributed by atoms with Gasteiger partial charge in [-0.1, -0.05) is 11.3 Å². The Morgan fingerprint density at radius 3 is 2.76 bits per heavy atom. The molecule has 0 aliphatic carbocycles. The number of benzene rings is 1. The first-order valence-electron chi connectivity index (χ1n) is 8.99. The summed E-state index contributed by atoms with van der Waals surface area (Å²) in [6.07, 6.45) is 1.49. The minimum absolute atomic E-state index is 0.268. The van der Waals surface area contributed by atoms with Crippen molar-refractivity contribution >= 4 is 28.1 Å². The summed E-state index contributed by atoms with van der Waals surface area (Å²) in [4.78, 5) is 12.9. The molecular weight excluding hydrogens is 393 g/mol. The average Bonchev–Trinajstić information content (AvgIpc) is 3.34. The van der Waals surface area contributed by atoms with Gasteiger partial charge >= 0.3 is 0 Å². The van der Waals surface area contributed by atoms with Gasteiger partial charge in [0.25, 0.3) is 5.19 Å². The maximum Gasteiger partial charge on any atom is 0.273 e. The summed E-state index contributed by atoms with van der Waals surface area (Å²) >= 11 is 1.41. The van der Waals surface area contributed by atoms with Crippen LogP contribution in [0.15, 0.2) is 36.0 Å². The maximum atomic E-state index is 14.5. The van der Waals surface area contributed by atoms with Gasteiger partial charge in [-0.2, -0.15) is 0 Å². The smallest absolute Gasteiger partial charge is 0.273 e. The number of hydrogen-bond acceptors (Lipinski definition) is 7. The number of anilines is 1. The van der Waals surface area contributed by atoms with Gasteiger partial charge in [0.2, 0.25) is 0 Å². The van der Waals surface area contributed by atoms with E-state index in [1.165, 1.54) is 23.7 Å². The normalized spacial score (nSPS) is 11.0. The lowest BCUT2D eigenvalue weighted by atomic mass is 10.2. The van der Waals surface area contributed by atoms with Crippen molar-refractivity contribution in [2.24, 2.45) is 0 Å². The van der Waals surface area contributed by atoms with Crippen LogP contribution in [0, 0.1) is 12.7 Å². The lowest BCUT2D eigenvalue weighted by Gasteiger charge is -2.11. The largest absolute Gasteiger partial charge is 0.496 e. The molecular formula is C20H20FN5O2S. The molecule has 0 radical (unpaired) electrons. The van der Waals surface area contributed by atoms with Crippen LogP contribution in [0.2, 0.25) is 0 Å². The van der Waals surface area contributed by atoms with Gasteiger partial charge in [0.15, 0.2) is 0 Å². The minimum Gasteiger partial charge on any atom is -0.496 e.